The molecule has 1 N–H and O–H groups in total. The predicted molar refractivity (Wildman–Crippen MR) is 162 cm³/mol. The average molecular weight is 580 g/mol. The summed E-state index contributed by atoms with van der Waals surface area (Å²) in [5.41, 5.74) is 2.80. The van der Waals surface area contributed by atoms with Gasteiger partial charge in [-0.1, -0.05) is 62.7 Å². The van der Waals surface area contributed by atoms with Gasteiger partial charge in [-0.05, 0) is 73.7 Å². The van der Waals surface area contributed by atoms with Gasteiger partial charge in [0.05, 0.1) is 17.7 Å². The van der Waals surface area contributed by atoms with E-state index < -0.39 is 28.5 Å². The van der Waals surface area contributed by atoms with Gasteiger partial charge in [-0.2, -0.15) is 0 Å². The van der Waals surface area contributed by atoms with Gasteiger partial charge in [-0.25, -0.2) is 8.42 Å². The highest BCUT2D eigenvalue weighted by molar-refractivity contribution is 7.92. The van der Waals surface area contributed by atoms with E-state index in [1.807, 2.05) is 52.0 Å². The van der Waals surface area contributed by atoms with Gasteiger partial charge in [-0.15, -0.1) is 0 Å². The number of unbranched alkanes of at least 4 members (excludes halogenated alkanes) is 1. The van der Waals surface area contributed by atoms with Gasteiger partial charge in [0.1, 0.15) is 18.3 Å². The van der Waals surface area contributed by atoms with Gasteiger partial charge in [0.15, 0.2) is 0 Å². The van der Waals surface area contributed by atoms with Crippen molar-refractivity contribution in [1.82, 2.24) is 10.2 Å². The number of nitrogens with zero attached hydrogens (tertiary/aromatic N) is 2. The molecule has 0 spiro atoms. The van der Waals surface area contributed by atoms with Crippen LogP contribution in [0.5, 0.6) is 5.75 Å². The van der Waals surface area contributed by atoms with Crippen LogP contribution in [0.4, 0.5) is 5.69 Å². The first-order valence-electron chi connectivity index (χ1n) is 14.0. The highest BCUT2D eigenvalue weighted by Crippen LogP contribution is 2.28. The molecule has 3 aromatic carbocycles. The lowest BCUT2D eigenvalue weighted by molar-refractivity contribution is -0.140. The first-order valence-corrected chi connectivity index (χ1v) is 15.4. The highest BCUT2D eigenvalue weighted by atomic mass is 32.2. The van der Waals surface area contributed by atoms with E-state index in [4.69, 9.17) is 4.74 Å². The Labute approximate surface area is 244 Å². The van der Waals surface area contributed by atoms with Crippen molar-refractivity contribution in [3.63, 3.8) is 0 Å². The summed E-state index contributed by atoms with van der Waals surface area (Å²) in [6.07, 6.45) is 2.12. The maximum absolute atomic E-state index is 14.2. The third-order valence-electron chi connectivity index (χ3n) is 6.97. The van der Waals surface area contributed by atoms with Crippen molar-refractivity contribution in [1.29, 1.82) is 0 Å². The highest BCUT2D eigenvalue weighted by Gasteiger charge is 2.34. The van der Waals surface area contributed by atoms with Gasteiger partial charge >= 0.3 is 0 Å². The molecule has 0 aliphatic heterocycles. The molecule has 0 aromatic heterocycles. The number of aryl methyl sites for hydroxylation is 2. The maximum Gasteiger partial charge on any atom is 0.264 e. The van der Waals surface area contributed by atoms with Gasteiger partial charge in [0.25, 0.3) is 10.0 Å². The smallest absolute Gasteiger partial charge is 0.264 e. The lowest BCUT2D eigenvalue weighted by atomic mass is 10.1. The maximum atomic E-state index is 14.2. The van der Waals surface area contributed by atoms with E-state index in [1.54, 1.807) is 43.5 Å². The van der Waals surface area contributed by atoms with Crippen LogP contribution in [0.2, 0.25) is 0 Å². The Bertz CT molecular complexity index is 1410. The van der Waals surface area contributed by atoms with Crippen LogP contribution in [0.15, 0.2) is 77.7 Å². The van der Waals surface area contributed by atoms with Crippen LogP contribution in [0.3, 0.4) is 0 Å². The molecule has 2 amide bonds. The second kappa shape index (κ2) is 14.7. The standard InChI is InChI=1S/C32H41N3O5S/c1-6-8-20-33-32(37)29(7-2)34(22-26-16-18-27(40-5)19-17-26)31(36)23-35(30-21-24(3)14-15-25(30)4)41(38,39)28-12-10-9-11-13-28/h9-19,21,29H,6-8,20,22-23H2,1-5H3,(H,33,37)/t29-/m0/s1. The minimum atomic E-state index is -4.11. The number of rotatable bonds is 14. The zero-order valence-corrected chi connectivity index (χ0v) is 25.4. The Kier molecular flexibility index (Phi) is 11.3. The van der Waals surface area contributed by atoms with Gasteiger partial charge in [0, 0.05) is 13.1 Å². The number of carbonyl (C=O) groups excluding carboxylic acids is 2. The Morgan fingerprint density at radius 1 is 0.951 bits per heavy atom. The molecule has 0 aliphatic rings. The summed E-state index contributed by atoms with van der Waals surface area (Å²) in [6, 6.07) is 20.1. The fourth-order valence-corrected chi connectivity index (χ4v) is 6.07. The number of carbonyl (C=O) groups is 2. The quantitative estimate of drug-likeness (QED) is 0.264. The Morgan fingerprint density at radius 3 is 2.24 bits per heavy atom. The van der Waals surface area contributed by atoms with Crippen molar-refractivity contribution in [2.24, 2.45) is 0 Å². The minimum absolute atomic E-state index is 0.0831. The molecule has 0 unspecified atom stereocenters. The number of amides is 2. The molecule has 8 nitrogen and oxygen atoms in total. The van der Waals surface area contributed by atoms with Gasteiger partial charge < -0.3 is 15.0 Å². The SMILES string of the molecule is CCCCNC(=O)[C@H](CC)N(Cc1ccc(OC)cc1)C(=O)CN(c1cc(C)ccc1C)S(=O)(=O)c1ccccc1. The van der Waals surface area contributed by atoms with E-state index >= 15 is 0 Å². The van der Waals surface area contributed by atoms with E-state index in [0.717, 1.165) is 28.3 Å². The molecular formula is C32H41N3O5S. The van der Waals surface area contributed by atoms with Crippen molar-refractivity contribution >= 4 is 27.5 Å². The molecule has 3 aromatic rings. The normalized spacial score (nSPS) is 11.9. The van der Waals surface area contributed by atoms with Gasteiger partial charge in [-0.3, -0.25) is 13.9 Å². The first kappa shape index (κ1) is 31.7. The molecule has 0 saturated carbocycles. The number of ether oxygens (including phenoxy) is 1. The van der Waals surface area contributed by atoms with Crippen LogP contribution in [-0.2, 0) is 26.2 Å². The summed E-state index contributed by atoms with van der Waals surface area (Å²) in [5.74, 6) is -0.0586. The van der Waals surface area contributed by atoms with E-state index in [1.165, 1.54) is 17.0 Å². The number of hydrogen-bond donors (Lipinski definition) is 1. The molecule has 0 fully saturated rings. The summed E-state index contributed by atoms with van der Waals surface area (Å²) in [7, 11) is -2.53. The largest absolute Gasteiger partial charge is 0.497 e. The molecule has 41 heavy (non-hydrogen) atoms. The molecule has 0 saturated heterocycles. The fourth-order valence-electron chi connectivity index (χ4n) is 4.57. The molecule has 0 bridgehead atoms. The van der Waals surface area contributed by atoms with Crippen LogP contribution >= 0.6 is 0 Å². The number of anilines is 1. The Morgan fingerprint density at radius 2 is 1.63 bits per heavy atom. The van der Waals surface area contributed by atoms with Crippen LogP contribution < -0.4 is 14.4 Å². The summed E-state index contributed by atoms with van der Waals surface area (Å²) in [6.45, 7) is 7.76. The van der Waals surface area contributed by atoms with E-state index in [0.29, 0.717) is 30.0 Å². The van der Waals surface area contributed by atoms with Crippen molar-refractivity contribution in [3.05, 3.63) is 89.5 Å². The van der Waals surface area contributed by atoms with Gasteiger partial charge in [0.2, 0.25) is 11.8 Å². The number of sulfonamides is 1. The fraction of sp³-hybridized carbons (Fsp3) is 0.375. The molecule has 0 aliphatic carbocycles. The van der Waals surface area contributed by atoms with Crippen molar-refractivity contribution in [3.8, 4) is 5.75 Å². The Hall–Kier alpha value is -3.85. The zero-order chi connectivity index (χ0) is 30.0. The molecule has 0 radical (unpaired) electrons. The molecule has 3 rings (SSSR count). The third kappa shape index (κ3) is 8.10. The third-order valence-corrected chi connectivity index (χ3v) is 8.74. The second-order valence-electron chi connectivity index (χ2n) is 10.1. The number of methoxy groups -OCH3 is 1. The van der Waals surface area contributed by atoms with Crippen molar-refractivity contribution in [2.75, 3.05) is 24.5 Å². The average Bonchev–Trinajstić information content (AvgIpc) is 2.98. The van der Waals surface area contributed by atoms with Crippen LogP contribution in [0.1, 0.15) is 49.8 Å². The second-order valence-corrected chi connectivity index (χ2v) is 11.9. The topological polar surface area (TPSA) is 96.0 Å². The first-order chi connectivity index (χ1) is 19.6. The zero-order valence-electron chi connectivity index (χ0n) is 24.6. The summed E-state index contributed by atoms with van der Waals surface area (Å²) in [4.78, 5) is 29.1. The van der Waals surface area contributed by atoms with E-state index in [9.17, 15) is 18.0 Å². The molecule has 1 atom stereocenters. The van der Waals surface area contributed by atoms with Crippen LogP contribution in [-0.4, -0.2) is 51.4 Å². The summed E-state index contributed by atoms with van der Waals surface area (Å²) < 4.78 is 34.4. The van der Waals surface area contributed by atoms with Crippen LogP contribution in [0.25, 0.3) is 0 Å². The minimum Gasteiger partial charge on any atom is -0.497 e. The Balaban J connectivity index is 2.06. The molecule has 220 valence electrons. The summed E-state index contributed by atoms with van der Waals surface area (Å²) >= 11 is 0. The monoisotopic (exact) mass is 579 g/mol. The number of nitrogens with one attached hydrogen (secondary N) is 1. The molecule has 9 heteroatoms. The number of hydrogen-bond acceptors (Lipinski definition) is 5. The number of benzene rings is 3. The summed E-state index contributed by atoms with van der Waals surface area (Å²) in [5, 5.41) is 2.95. The molecule has 0 heterocycles. The van der Waals surface area contributed by atoms with E-state index in [-0.39, 0.29) is 17.3 Å². The van der Waals surface area contributed by atoms with E-state index in [2.05, 4.69) is 5.32 Å². The van der Waals surface area contributed by atoms with Crippen LogP contribution in [0, 0.1) is 13.8 Å². The van der Waals surface area contributed by atoms with Crippen molar-refractivity contribution in [2.45, 2.75) is 64.4 Å². The lowest BCUT2D eigenvalue weighted by Gasteiger charge is -2.33. The predicted octanol–water partition coefficient (Wildman–Crippen LogP) is 5.23. The van der Waals surface area contributed by atoms with Crippen molar-refractivity contribution < 1.29 is 22.7 Å². The lowest BCUT2D eigenvalue weighted by Crippen LogP contribution is -2.52. The molecular weight excluding hydrogens is 538 g/mol.